The topological polar surface area (TPSA) is 109 Å². The molecule has 0 spiro atoms. The molecule has 3 amide bonds. The Morgan fingerprint density at radius 2 is 1.59 bits per heavy atom. The van der Waals surface area contributed by atoms with E-state index in [1.54, 1.807) is 22.1 Å². The average molecular weight is 623 g/mol. The Bertz CT molecular complexity index is 1930. The molecule has 0 unspecified atom stereocenters. The van der Waals surface area contributed by atoms with Crippen LogP contribution in [0.2, 0.25) is 0 Å². The molecular weight excluding hydrogens is 584 g/mol. The molecule has 6 rings (SSSR count). The Morgan fingerprint density at radius 1 is 0.870 bits per heavy atom. The first kappa shape index (κ1) is 30.8. The van der Waals surface area contributed by atoms with Crippen molar-refractivity contribution in [1.82, 2.24) is 29.6 Å². The predicted octanol–water partition coefficient (Wildman–Crippen LogP) is 4.93. The van der Waals surface area contributed by atoms with Gasteiger partial charge < -0.3 is 34.1 Å². The van der Waals surface area contributed by atoms with Gasteiger partial charge in [0.15, 0.2) is 0 Å². The molecule has 5 aromatic rings. The summed E-state index contributed by atoms with van der Waals surface area (Å²) >= 11 is 0. The molecule has 1 fully saturated rings. The fourth-order valence-electron chi connectivity index (χ4n) is 6.04. The highest BCUT2D eigenvalue weighted by atomic mass is 16.6. The number of piperazine rings is 1. The van der Waals surface area contributed by atoms with E-state index in [1.807, 2.05) is 80.6 Å². The molecule has 3 heterocycles. The number of likely N-dealkylation sites (N-methyl/N-ethyl adjacent to an activating group) is 1. The van der Waals surface area contributed by atoms with Gasteiger partial charge >= 0.3 is 12.2 Å². The van der Waals surface area contributed by atoms with E-state index < -0.39 is 12.2 Å². The molecule has 0 radical (unpaired) electrons. The number of benzene rings is 3. The van der Waals surface area contributed by atoms with E-state index in [4.69, 9.17) is 9.47 Å². The molecule has 0 saturated carbocycles. The number of fused-ring (bicyclic) bond motifs is 4. The smallest absolute Gasteiger partial charge is 0.415 e. The van der Waals surface area contributed by atoms with E-state index in [2.05, 4.69) is 21.8 Å². The van der Waals surface area contributed by atoms with Gasteiger partial charge in [0.25, 0.3) is 5.91 Å². The van der Waals surface area contributed by atoms with Gasteiger partial charge in [-0.2, -0.15) is 0 Å². The van der Waals surface area contributed by atoms with E-state index in [0.29, 0.717) is 44.2 Å². The molecule has 2 aromatic heterocycles. The van der Waals surface area contributed by atoms with E-state index in [1.165, 1.54) is 0 Å². The van der Waals surface area contributed by atoms with Crippen molar-refractivity contribution in [2.75, 3.05) is 53.4 Å². The normalized spacial score (nSPS) is 13.5. The largest absolute Gasteiger partial charge is 0.445 e. The van der Waals surface area contributed by atoms with Crippen molar-refractivity contribution >= 4 is 50.7 Å². The van der Waals surface area contributed by atoms with Crippen molar-refractivity contribution in [2.24, 2.45) is 7.05 Å². The van der Waals surface area contributed by atoms with Gasteiger partial charge in [-0.1, -0.05) is 30.3 Å². The zero-order chi connectivity index (χ0) is 32.4. The van der Waals surface area contributed by atoms with Gasteiger partial charge in [-0.05, 0) is 67.9 Å². The molecule has 0 bridgehead atoms. The van der Waals surface area contributed by atoms with Crippen LogP contribution in [-0.2, 0) is 18.4 Å². The highest BCUT2D eigenvalue weighted by Crippen LogP contribution is 2.37. The van der Waals surface area contributed by atoms with Gasteiger partial charge in [-0.15, -0.1) is 0 Å². The molecule has 3 aromatic carbocycles. The number of amides is 3. The molecule has 1 N–H and O–H groups in total. The molecule has 1 aliphatic heterocycles. The number of nitrogens with one attached hydrogen (secondary N) is 1. The molecule has 238 valence electrons. The lowest BCUT2D eigenvalue weighted by Crippen LogP contribution is -2.51. The summed E-state index contributed by atoms with van der Waals surface area (Å²) in [6.07, 6.45) is 0.806. The number of hydrogen-bond acceptors (Lipinski definition) is 7. The number of aryl methyl sites for hydroxylation is 2. The first-order chi connectivity index (χ1) is 22.2. The highest BCUT2D eigenvalue weighted by molar-refractivity contribution is 6.17. The quantitative estimate of drug-likeness (QED) is 0.274. The van der Waals surface area contributed by atoms with Crippen LogP contribution in [0.25, 0.3) is 32.6 Å². The van der Waals surface area contributed by atoms with E-state index >= 15 is 0 Å². The van der Waals surface area contributed by atoms with Crippen molar-refractivity contribution in [3.8, 4) is 5.75 Å². The molecule has 1 aliphatic rings. The fourth-order valence-corrected chi connectivity index (χ4v) is 6.04. The summed E-state index contributed by atoms with van der Waals surface area (Å²) in [5.41, 5.74) is 4.34. The van der Waals surface area contributed by atoms with Crippen molar-refractivity contribution in [3.63, 3.8) is 0 Å². The second-order valence-electron chi connectivity index (χ2n) is 11.8. The summed E-state index contributed by atoms with van der Waals surface area (Å²) in [7, 11) is 5.93. The number of carbonyl (C=O) groups excluding carboxylic acids is 3. The number of nitrogens with zero attached hydrogens (tertiary/aromatic N) is 5. The minimum absolute atomic E-state index is 0.204. The fraction of sp³-hybridized carbons (Fsp3) is 0.314. The standard InChI is InChI=1S/C35H38N6O5/c1-23-26-12-13-36-31(33(42)37-14-15-38(2)3)28(26)21-29-27-20-25(10-11-30(27)39(4)32(23)29)46-35(44)41-18-16-40(17-19-41)34(43)45-22-24-8-6-5-7-9-24/h5-13,20-21H,14-19,22H2,1-4H3,(H,37,42). The van der Waals surface area contributed by atoms with Crippen LogP contribution in [0.1, 0.15) is 21.6 Å². The van der Waals surface area contributed by atoms with Crippen LogP contribution < -0.4 is 10.1 Å². The number of rotatable bonds is 7. The maximum Gasteiger partial charge on any atom is 0.415 e. The van der Waals surface area contributed by atoms with Gasteiger partial charge in [0.1, 0.15) is 18.1 Å². The van der Waals surface area contributed by atoms with E-state index in [0.717, 1.165) is 50.2 Å². The molecule has 11 nitrogen and oxygen atoms in total. The second-order valence-corrected chi connectivity index (χ2v) is 11.8. The van der Waals surface area contributed by atoms with E-state index in [9.17, 15) is 14.4 Å². The molecule has 46 heavy (non-hydrogen) atoms. The predicted molar refractivity (Wildman–Crippen MR) is 177 cm³/mol. The summed E-state index contributed by atoms with van der Waals surface area (Å²) in [5, 5.41) is 6.55. The third kappa shape index (κ3) is 6.18. The van der Waals surface area contributed by atoms with E-state index in [-0.39, 0.29) is 12.5 Å². The first-order valence-electron chi connectivity index (χ1n) is 15.4. The molecular formula is C35H38N6O5. The first-order valence-corrected chi connectivity index (χ1v) is 15.4. The van der Waals surface area contributed by atoms with Gasteiger partial charge in [-0.25, -0.2) is 9.59 Å². The van der Waals surface area contributed by atoms with Crippen LogP contribution in [0.4, 0.5) is 9.59 Å². The highest BCUT2D eigenvalue weighted by Gasteiger charge is 2.27. The van der Waals surface area contributed by atoms with Crippen molar-refractivity contribution < 1.29 is 23.9 Å². The van der Waals surface area contributed by atoms with Crippen LogP contribution >= 0.6 is 0 Å². The maximum absolute atomic E-state index is 13.1. The minimum Gasteiger partial charge on any atom is -0.445 e. The van der Waals surface area contributed by atoms with Gasteiger partial charge in [0.05, 0.1) is 5.52 Å². The van der Waals surface area contributed by atoms with Crippen LogP contribution in [-0.4, -0.2) is 95.7 Å². The van der Waals surface area contributed by atoms with Crippen LogP contribution in [0.15, 0.2) is 66.9 Å². The number of ether oxygens (including phenoxy) is 2. The summed E-state index contributed by atoms with van der Waals surface area (Å²) in [5.74, 6) is 0.200. The van der Waals surface area contributed by atoms with Crippen molar-refractivity contribution in [3.05, 3.63) is 83.7 Å². The average Bonchev–Trinajstić information content (AvgIpc) is 3.34. The minimum atomic E-state index is -0.473. The number of hydrogen-bond donors (Lipinski definition) is 1. The molecule has 11 heteroatoms. The zero-order valence-electron chi connectivity index (χ0n) is 26.6. The molecule has 0 aliphatic carbocycles. The summed E-state index contributed by atoms with van der Waals surface area (Å²) < 4.78 is 13.4. The Hall–Kier alpha value is -5.16. The maximum atomic E-state index is 13.1. The Morgan fingerprint density at radius 3 is 2.30 bits per heavy atom. The van der Waals surface area contributed by atoms with Gasteiger partial charge in [0.2, 0.25) is 0 Å². The van der Waals surface area contributed by atoms with Crippen LogP contribution in [0.3, 0.4) is 0 Å². The molecule has 1 saturated heterocycles. The Balaban J connectivity index is 1.19. The van der Waals surface area contributed by atoms with Crippen LogP contribution in [0, 0.1) is 6.92 Å². The summed E-state index contributed by atoms with van der Waals surface area (Å²) in [4.78, 5) is 48.5. The lowest BCUT2D eigenvalue weighted by Gasteiger charge is -2.33. The SMILES string of the molecule is Cc1c2ccnc(C(=O)NCCN(C)C)c2cc2c3cc(OC(=O)N4CCN(C(=O)OCc5ccccc5)CC4)ccc3n(C)c12. The third-order valence-corrected chi connectivity index (χ3v) is 8.51. The summed E-state index contributed by atoms with van der Waals surface area (Å²) in [6.45, 7) is 4.89. The molecule has 0 atom stereocenters. The van der Waals surface area contributed by atoms with Crippen molar-refractivity contribution in [2.45, 2.75) is 13.5 Å². The lowest BCUT2D eigenvalue weighted by molar-refractivity contribution is 0.0705. The number of pyridine rings is 1. The number of aromatic nitrogens is 2. The third-order valence-electron chi connectivity index (χ3n) is 8.51. The lowest BCUT2D eigenvalue weighted by atomic mass is 10.00. The number of carbonyl (C=O) groups is 3. The monoisotopic (exact) mass is 622 g/mol. The summed E-state index contributed by atoms with van der Waals surface area (Å²) in [6, 6.07) is 19.1. The van der Waals surface area contributed by atoms with Crippen LogP contribution in [0.5, 0.6) is 5.75 Å². The Kier molecular flexibility index (Phi) is 8.76. The Labute approximate surface area is 267 Å². The zero-order valence-corrected chi connectivity index (χ0v) is 26.6. The second kappa shape index (κ2) is 13.1. The van der Waals surface area contributed by atoms with Crippen molar-refractivity contribution in [1.29, 1.82) is 0 Å². The van der Waals surface area contributed by atoms with Gasteiger partial charge in [-0.3, -0.25) is 9.78 Å². The van der Waals surface area contributed by atoms with Gasteiger partial charge in [0, 0.05) is 74.2 Å².